The fourth-order valence-electron chi connectivity index (χ4n) is 3.15. The van der Waals surface area contributed by atoms with Crippen LogP contribution in [-0.2, 0) is 22.6 Å². The summed E-state index contributed by atoms with van der Waals surface area (Å²) in [5, 5.41) is 5.74. The molecule has 0 saturated carbocycles. The Labute approximate surface area is 185 Å². The molecule has 0 fully saturated rings. The van der Waals surface area contributed by atoms with E-state index < -0.39 is 17.2 Å². The summed E-state index contributed by atoms with van der Waals surface area (Å²) >= 11 is 0. The third-order valence-electron chi connectivity index (χ3n) is 4.74. The van der Waals surface area contributed by atoms with E-state index in [1.807, 2.05) is 61.5 Å². The molecular weight excluding hydrogens is 408 g/mol. The average Bonchev–Trinajstić information content (AvgIpc) is 2.78. The molecular formula is C24H26N4O4. The maximum Gasteiger partial charge on any atom is 0.330 e. The maximum absolute atomic E-state index is 12.7. The van der Waals surface area contributed by atoms with Crippen LogP contribution in [0.3, 0.4) is 0 Å². The topological polar surface area (TPSA) is 105 Å². The molecule has 1 heterocycles. The number of methoxy groups -OCH3 is 1. The highest BCUT2D eigenvalue weighted by Crippen LogP contribution is 2.17. The second-order valence-corrected chi connectivity index (χ2v) is 7.20. The van der Waals surface area contributed by atoms with Gasteiger partial charge in [0.15, 0.2) is 0 Å². The standard InChI is InChI=1S/C24H26N4O4/c1-17-7-6-10-18(15-17)11-12-20(29)26-22-21(25-16-19-8-4-3-5-9-19)23(30)27-24(31)28(22)13-14-32-2/h3-12,15,25H,13-14,16H2,1-2H3,(H,26,29)(H,27,30,31)/b12-11+. The number of ether oxygens (including phenoxy) is 1. The van der Waals surface area contributed by atoms with Gasteiger partial charge in [0.2, 0.25) is 5.91 Å². The molecule has 0 atom stereocenters. The lowest BCUT2D eigenvalue weighted by Crippen LogP contribution is -2.36. The van der Waals surface area contributed by atoms with Crippen molar-refractivity contribution < 1.29 is 9.53 Å². The van der Waals surface area contributed by atoms with E-state index in [2.05, 4.69) is 15.6 Å². The highest BCUT2D eigenvalue weighted by molar-refractivity contribution is 6.03. The predicted molar refractivity (Wildman–Crippen MR) is 126 cm³/mol. The zero-order chi connectivity index (χ0) is 22.9. The molecule has 2 aromatic carbocycles. The van der Waals surface area contributed by atoms with Gasteiger partial charge in [0.05, 0.1) is 13.2 Å². The zero-order valence-electron chi connectivity index (χ0n) is 18.1. The van der Waals surface area contributed by atoms with Crippen LogP contribution in [0.2, 0.25) is 0 Å². The molecule has 8 nitrogen and oxygen atoms in total. The fraction of sp³-hybridized carbons (Fsp3) is 0.208. The Morgan fingerprint density at radius 1 is 1.12 bits per heavy atom. The molecule has 0 saturated heterocycles. The zero-order valence-corrected chi connectivity index (χ0v) is 18.1. The SMILES string of the molecule is COCCn1c(NC(=O)/C=C/c2cccc(C)c2)c(NCc2ccccc2)c(=O)[nH]c1=O. The summed E-state index contributed by atoms with van der Waals surface area (Å²) in [6.07, 6.45) is 3.03. The first-order valence-electron chi connectivity index (χ1n) is 10.2. The highest BCUT2D eigenvalue weighted by Gasteiger charge is 2.16. The Morgan fingerprint density at radius 3 is 2.62 bits per heavy atom. The summed E-state index contributed by atoms with van der Waals surface area (Å²) in [4.78, 5) is 40.0. The van der Waals surface area contributed by atoms with Crippen molar-refractivity contribution in [2.24, 2.45) is 0 Å². The molecule has 1 amide bonds. The van der Waals surface area contributed by atoms with Crippen molar-refractivity contribution in [1.29, 1.82) is 0 Å². The molecule has 0 spiro atoms. The molecule has 3 N–H and O–H groups in total. The number of aromatic nitrogens is 2. The number of H-pyrrole nitrogens is 1. The van der Waals surface area contributed by atoms with E-state index in [9.17, 15) is 14.4 Å². The Bertz CT molecular complexity index is 1210. The van der Waals surface area contributed by atoms with Crippen LogP contribution in [0.1, 0.15) is 16.7 Å². The molecule has 1 aromatic heterocycles. The van der Waals surface area contributed by atoms with E-state index in [1.54, 1.807) is 6.08 Å². The van der Waals surface area contributed by atoms with Crippen LogP contribution in [0.5, 0.6) is 0 Å². The van der Waals surface area contributed by atoms with Gasteiger partial charge in [0.1, 0.15) is 11.5 Å². The van der Waals surface area contributed by atoms with Crippen LogP contribution in [0.25, 0.3) is 6.08 Å². The number of rotatable bonds is 9. The normalized spacial score (nSPS) is 10.9. The maximum atomic E-state index is 12.7. The summed E-state index contributed by atoms with van der Waals surface area (Å²) in [7, 11) is 1.51. The van der Waals surface area contributed by atoms with E-state index in [4.69, 9.17) is 4.74 Å². The second kappa shape index (κ2) is 10.9. The summed E-state index contributed by atoms with van der Waals surface area (Å²) in [5.74, 6) is -0.379. The van der Waals surface area contributed by atoms with Crippen LogP contribution >= 0.6 is 0 Å². The van der Waals surface area contributed by atoms with Crippen molar-refractivity contribution >= 4 is 23.5 Å². The number of hydrogen-bond acceptors (Lipinski definition) is 5. The van der Waals surface area contributed by atoms with Gasteiger partial charge < -0.3 is 15.4 Å². The van der Waals surface area contributed by atoms with Crippen molar-refractivity contribution in [3.05, 3.63) is 98.2 Å². The third kappa shape index (κ3) is 6.05. The quantitative estimate of drug-likeness (QED) is 0.449. The molecule has 0 bridgehead atoms. The van der Waals surface area contributed by atoms with E-state index in [1.165, 1.54) is 17.8 Å². The van der Waals surface area contributed by atoms with Gasteiger partial charge in [-0.25, -0.2) is 4.79 Å². The lowest BCUT2D eigenvalue weighted by Gasteiger charge is -2.17. The molecule has 0 aliphatic carbocycles. The Hall–Kier alpha value is -3.91. The van der Waals surface area contributed by atoms with Gasteiger partial charge in [0, 0.05) is 19.7 Å². The second-order valence-electron chi connectivity index (χ2n) is 7.20. The molecule has 32 heavy (non-hydrogen) atoms. The van der Waals surface area contributed by atoms with Gasteiger partial charge in [-0.15, -0.1) is 0 Å². The Kier molecular flexibility index (Phi) is 7.77. The van der Waals surface area contributed by atoms with Crippen molar-refractivity contribution in [3.8, 4) is 0 Å². The van der Waals surface area contributed by atoms with Gasteiger partial charge in [-0.05, 0) is 24.1 Å². The number of amides is 1. The minimum Gasteiger partial charge on any atom is -0.383 e. The molecule has 3 aromatic rings. The van der Waals surface area contributed by atoms with Crippen molar-refractivity contribution in [2.75, 3.05) is 24.4 Å². The van der Waals surface area contributed by atoms with Gasteiger partial charge in [-0.1, -0.05) is 60.2 Å². The van der Waals surface area contributed by atoms with Crippen LogP contribution in [0.4, 0.5) is 11.5 Å². The number of carbonyl (C=O) groups excluding carboxylic acids is 1. The highest BCUT2D eigenvalue weighted by atomic mass is 16.5. The Morgan fingerprint density at radius 2 is 1.91 bits per heavy atom. The summed E-state index contributed by atoms with van der Waals surface area (Å²) in [5.41, 5.74) is 1.74. The molecule has 166 valence electrons. The fourth-order valence-corrected chi connectivity index (χ4v) is 3.15. The summed E-state index contributed by atoms with van der Waals surface area (Å²) in [6.45, 7) is 2.69. The molecule has 0 aliphatic heterocycles. The monoisotopic (exact) mass is 434 g/mol. The first kappa shape index (κ1) is 22.8. The molecule has 8 heteroatoms. The first-order chi connectivity index (χ1) is 15.5. The Balaban J connectivity index is 1.91. The van der Waals surface area contributed by atoms with Gasteiger partial charge in [0.25, 0.3) is 5.56 Å². The number of carbonyl (C=O) groups is 1. The predicted octanol–water partition coefficient (Wildman–Crippen LogP) is 2.76. The third-order valence-corrected chi connectivity index (χ3v) is 4.74. The largest absolute Gasteiger partial charge is 0.383 e. The number of aryl methyl sites for hydroxylation is 1. The molecule has 0 unspecified atom stereocenters. The van der Waals surface area contributed by atoms with Crippen LogP contribution in [-0.4, -0.2) is 29.2 Å². The molecule has 0 radical (unpaired) electrons. The van der Waals surface area contributed by atoms with E-state index in [-0.39, 0.29) is 24.7 Å². The van der Waals surface area contributed by atoms with E-state index in [0.717, 1.165) is 16.7 Å². The average molecular weight is 434 g/mol. The number of aromatic amines is 1. The minimum atomic E-state index is -0.629. The molecule has 3 rings (SSSR count). The lowest BCUT2D eigenvalue weighted by molar-refractivity contribution is -0.111. The number of hydrogen-bond donors (Lipinski definition) is 3. The van der Waals surface area contributed by atoms with Crippen LogP contribution < -0.4 is 21.9 Å². The van der Waals surface area contributed by atoms with Crippen molar-refractivity contribution in [1.82, 2.24) is 9.55 Å². The number of nitrogens with zero attached hydrogens (tertiary/aromatic N) is 1. The number of anilines is 2. The molecule has 0 aliphatic rings. The van der Waals surface area contributed by atoms with Crippen LogP contribution in [0.15, 0.2) is 70.3 Å². The van der Waals surface area contributed by atoms with Crippen LogP contribution in [0, 0.1) is 6.92 Å². The van der Waals surface area contributed by atoms with Gasteiger partial charge >= 0.3 is 5.69 Å². The first-order valence-corrected chi connectivity index (χ1v) is 10.2. The smallest absolute Gasteiger partial charge is 0.330 e. The van der Waals surface area contributed by atoms with E-state index >= 15 is 0 Å². The van der Waals surface area contributed by atoms with Gasteiger partial charge in [-0.2, -0.15) is 0 Å². The number of benzene rings is 2. The minimum absolute atomic E-state index is 0.0885. The summed E-state index contributed by atoms with van der Waals surface area (Å²) in [6, 6.07) is 17.2. The number of nitrogens with one attached hydrogen (secondary N) is 3. The van der Waals surface area contributed by atoms with Crippen molar-refractivity contribution in [3.63, 3.8) is 0 Å². The van der Waals surface area contributed by atoms with E-state index in [0.29, 0.717) is 6.54 Å². The van der Waals surface area contributed by atoms with Gasteiger partial charge in [-0.3, -0.25) is 19.1 Å². The van der Waals surface area contributed by atoms with Crippen molar-refractivity contribution in [2.45, 2.75) is 20.0 Å². The summed E-state index contributed by atoms with van der Waals surface area (Å²) < 4.78 is 6.35. The lowest BCUT2D eigenvalue weighted by atomic mass is 10.1.